The molecule has 0 radical (unpaired) electrons. The van der Waals surface area contributed by atoms with Gasteiger partial charge in [0, 0.05) is 19.6 Å². The van der Waals surface area contributed by atoms with E-state index in [1.165, 1.54) is 0 Å². The monoisotopic (exact) mass is 380 g/mol. The highest BCUT2D eigenvalue weighted by atomic mass is 127. The molecule has 0 saturated carbocycles. The molecule has 0 aromatic rings. The van der Waals surface area contributed by atoms with Crippen LogP contribution in [0.3, 0.4) is 0 Å². The maximum atomic E-state index is 4.26. The van der Waals surface area contributed by atoms with E-state index in [9.17, 15) is 0 Å². The first-order chi connectivity index (χ1) is 8.80. The van der Waals surface area contributed by atoms with Crippen molar-refractivity contribution in [3.8, 4) is 0 Å². The van der Waals surface area contributed by atoms with Crippen molar-refractivity contribution in [2.75, 3.05) is 33.2 Å². The van der Waals surface area contributed by atoms with Gasteiger partial charge in [0.25, 0.3) is 0 Å². The molecule has 0 heterocycles. The molecule has 1 aliphatic rings. The number of nitrogens with zero attached hydrogens (tertiary/aromatic N) is 2. The summed E-state index contributed by atoms with van der Waals surface area (Å²) in [6, 6.07) is 0.527. The fourth-order valence-electron chi connectivity index (χ4n) is 2.17. The lowest BCUT2D eigenvalue weighted by molar-refractivity contribution is 0.300. The molecule has 0 aromatic carbocycles. The number of aliphatic imine (C=N–C) groups is 1. The van der Waals surface area contributed by atoms with Gasteiger partial charge in [0.15, 0.2) is 5.96 Å². The Balaban J connectivity index is 0.00000324. The van der Waals surface area contributed by atoms with Crippen LogP contribution in [0.5, 0.6) is 0 Å². The van der Waals surface area contributed by atoms with Gasteiger partial charge in [0.05, 0.1) is 0 Å². The molecule has 0 unspecified atom stereocenters. The molecule has 112 valence electrons. The molecular formula is C14H29IN4. The van der Waals surface area contributed by atoms with E-state index in [4.69, 9.17) is 0 Å². The highest BCUT2D eigenvalue weighted by molar-refractivity contribution is 14.0. The maximum Gasteiger partial charge on any atom is 0.191 e. The minimum atomic E-state index is 0. The summed E-state index contributed by atoms with van der Waals surface area (Å²) in [7, 11) is 1.84. The highest BCUT2D eigenvalue weighted by Gasteiger charge is 2.11. The van der Waals surface area contributed by atoms with Crippen molar-refractivity contribution in [3.05, 3.63) is 12.2 Å². The van der Waals surface area contributed by atoms with E-state index in [0.29, 0.717) is 6.04 Å². The Labute approximate surface area is 135 Å². The van der Waals surface area contributed by atoms with Crippen LogP contribution in [0.2, 0.25) is 0 Å². The van der Waals surface area contributed by atoms with E-state index in [2.05, 4.69) is 46.5 Å². The second-order valence-electron chi connectivity index (χ2n) is 4.66. The van der Waals surface area contributed by atoms with Crippen molar-refractivity contribution >= 4 is 29.9 Å². The molecule has 0 aliphatic heterocycles. The van der Waals surface area contributed by atoms with Gasteiger partial charge in [-0.1, -0.05) is 26.0 Å². The van der Waals surface area contributed by atoms with Gasteiger partial charge in [0.2, 0.25) is 0 Å². The molecule has 19 heavy (non-hydrogen) atoms. The van der Waals surface area contributed by atoms with E-state index >= 15 is 0 Å². The molecule has 5 heteroatoms. The van der Waals surface area contributed by atoms with Crippen LogP contribution in [0, 0.1) is 0 Å². The first-order valence-electron chi connectivity index (χ1n) is 7.14. The van der Waals surface area contributed by atoms with Gasteiger partial charge in [-0.25, -0.2) is 0 Å². The van der Waals surface area contributed by atoms with Gasteiger partial charge in [-0.2, -0.15) is 0 Å². The summed E-state index contributed by atoms with van der Waals surface area (Å²) >= 11 is 0. The third kappa shape index (κ3) is 7.77. The van der Waals surface area contributed by atoms with Crippen molar-refractivity contribution in [1.82, 2.24) is 15.5 Å². The molecule has 4 nitrogen and oxygen atoms in total. The lowest BCUT2D eigenvalue weighted by Crippen LogP contribution is -2.43. The molecule has 0 saturated heterocycles. The Morgan fingerprint density at radius 2 is 1.89 bits per heavy atom. The lowest BCUT2D eigenvalue weighted by atomic mass is 10.2. The number of nitrogens with one attached hydrogen (secondary N) is 2. The van der Waals surface area contributed by atoms with Gasteiger partial charge in [-0.3, -0.25) is 4.99 Å². The molecule has 0 amide bonds. The zero-order valence-electron chi connectivity index (χ0n) is 12.5. The van der Waals surface area contributed by atoms with Gasteiger partial charge in [-0.05, 0) is 38.9 Å². The zero-order valence-corrected chi connectivity index (χ0v) is 14.8. The molecule has 1 aliphatic carbocycles. The number of halogens is 1. The number of rotatable bonds is 7. The van der Waals surface area contributed by atoms with E-state index in [0.717, 1.165) is 51.4 Å². The van der Waals surface area contributed by atoms with E-state index in [-0.39, 0.29) is 24.0 Å². The fraction of sp³-hybridized carbons (Fsp3) is 0.786. The Morgan fingerprint density at radius 1 is 1.26 bits per heavy atom. The molecule has 0 spiro atoms. The van der Waals surface area contributed by atoms with Crippen LogP contribution >= 0.6 is 24.0 Å². The van der Waals surface area contributed by atoms with Crippen LogP contribution in [-0.4, -0.2) is 50.1 Å². The van der Waals surface area contributed by atoms with E-state index in [1.54, 1.807) is 0 Å². The molecule has 0 aromatic heterocycles. The zero-order chi connectivity index (χ0) is 13.2. The minimum absolute atomic E-state index is 0. The molecule has 0 bridgehead atoms. The van der Waals surface area contributed by atoms with E-state index in [1.807, 2.05) is 7.05 Å². The number of hydrogen-bond acceptors (Lipinski definition) is 2. The maximum absolute atomic E-state index is 4.26. The van der Waals surface area contributed by atoms with Gasteiger partial charge in [0.1, 0.15) is 0 Å². The molecule has 2 N–H and O–H groups in total. The van der Waals surface area contributed by atoms with Crippen molar-refractivity contribution in [2.45, 2.75) is 39.2 Å². The van der Waals surface area contributed by atoms with Crippen LogP contribution in [-0.2, 0) is 0 Å². The third-order valence-corrected chi connectivity index (χ3v) is 3.41. The standard InChI is InChI=1S/C14H28N4.HI/c1-4-18(5-2)12-8-11-16-14(15-3)17-13-9-6-7-10-13;/h6-7,13H,4-5,8-12H2,1-3H3,(H2,15,16,17);1H. The SMILES string of the molecule is CCN(CC)CCCNC(=NC)NC1CC=CC1.I. The summed E-state index contributed by atoms with van der Waals surface area (Å²) in [5.74, 6) is 0.934. The first kappa shape index (κ1) is 18.7. The fourth-order valence-corrected chi connectivity index (χ4v) is 2.17. The molecule has 1 rings (SSSR count). The summed E-state index contributed by atoms with van der Waals surface area (Å²) in [5, 5.41) is 6.83. The van der Waals surface area contributed by atoms with E-state index < -0.39 is 0 Å². The van der Waals surface area contributed by atoms with Gasteiger partial charge in [-0.15, -0.1) is 24.0 Å². The summed E-state index contributed by atoms with van der Waals surface area (Å²) in [6.45, 7) is 8.84. The van der Waals surface area contributed by atoms with Crippen LogP contribution in [0.15, 0.2) is 17.1 Å². The summed E-state index contributed by atoms with van der Waals surface area (Å²) in [6.07, 6.45) is 7.84. The lowest BCUT2D eigenvalue weighted by Gasteiger charge is -2.19. The van der Waals surface area contributed by atoms with Crippen LogP contribution < -0.4 is 10.6 Å². The largest absolute Gasteiger partial charge is 0.356 e. The van der Waals surface area contributed by atoms with Crippen LogP contribution in [0.4, 0.5) is 0 Å². The normalized spacial score (nSPS) is 15.7. The van der Waals surface area contributed by atoms with Crippen LogP contribution in [0.25, 0.3) is 0 Å². The van der Waals surface area contributed by atoms with Gasteiger partial charge >= 0.3 is 0 Å². The second kappa shape index (κ2) is 11.5. The second-order valence-corrected chi connectivity index (χ2v) is 4.66. The predicted molar refractivity (Wildman–Crippen MR) is 94.5 cm³/mol. The third-order valence-electron chi connectivity index (χ3n) is 3.41. The van der Waals surface area contributed by atoms with Crippen LogP contribution in [0.1, 0.15) is 33.1 Å². The van der Waals surface area contributed by atoms with Crippen molar-refractivity contribution in [3.63, 3.8) is 0 Å². The van der Waals surface area contributed by atoms with Gasteiger partial charge < -0.3 is 15.5 Å². The Hall–Kier alpha value is -0.300. The first-order valence-corrected chi connectivity index (χ1v) is 7.14. The molecule has 0 atom stereocenters. The highest BCUT2D eigenvalue weighted by Crippen LogP contribution is 2.08. The topological polar surface area (TPSA) is 39.7 Å². The quantitative estimate of drug-likeness (QED) is 0.234. The average Bonchev–Trinajstić information content (AvgIpc) is 2.90. The van der Waals surface area contributed by atoms with Crippen molar-refractivity contribution in [1.29, 1.82) is 0 Å². The number of hydrogen-bond donors (Lipinski definition) is 2. The summed E-state index contributed by atoms with van der Waals surface area (Å²) in [5.41, 5.74) is 0. The minimum Gasteiger partial charge on any atom is -0.356 e. The average molecular weight is 380 g/mol. The Bertz CT molecular complexity index is 267. The smallest absolute Gasteiger partial charge is 0.191 e. The van der Waals surface area contributed by atoms with Crippen molar-refractivity contribution < 1.29 is 0 Å². The number of guanidine groups is 1. The predicted octanol–water partition coefficient (Wildman–Crippen LogP) is 2.22. The summed E-state index contributed by atoms with van der Waals surface area (Å²) < 4.78 is 0. The molecule has 0 fully saturated rings. The summed E-state index contributed by atoms with van der Waals surface area (Å²) in [4.78, 5) is 6.70. The Kier molecular flexibility index (Phi) is 11.3. The Morgan fingerprint density at radius 3 is 2.42 bits per heavy atom. The molecular weight excluding hydrogens is 351 g/mol. The van der Waals surface area contributed by atoms with Crippen molar-refractivity contribution in [2.24, 2.45) is 4.99 Å².